The third kappa shape index (κ3) is 2.91. The molecule has 0 radical (unpaired) electrons. The molecular formula is C8H13N7O2S. The molecule has 9 nitrogen and oxygen atoms in total. The van der Waals surface area contributed by atoms with Crippen molar-refractivity contribution in [2.75, 3.05) is 6.54 Å². The molecule has 0 saturated heterocycles. The Bertz CT molecular complexity index is 589. The van der Waals surface area contributed by atoms with E-state index in [1.807, 2.05) is 0 Å². The lowest BCUT2D eigenvalue weighted by Crippen LogP contribution is -2.23. The standard InChI is InChI=1S/C8H13N7O2S/c9-1-2-15-5-7(3-12-15)18(16,17)13-4-8-10-6-11-14-8/h3,5-6,13H,1-2,4,9H2,(H,10,11,14). The van der Waals surface area contributed by atoms with Gasteiger partial charge in [-0.1, -0.05) is 0 Å². The molecule has 2 aromatic heterocycles. The molecule has 0 saturated carbocycles. The highest BCUT2D eigenvalue weighted by molar-refractivity contribution is 7.89. The molecule has 0 bridgehead atoms. The summed E-state index contributed by atoms with van der Waals surface area (Å²) in [4.78, 5) is 3.91. The van der Waals surface area contributed by atoms with Gasteiger partial charge in [0, 0.05) is 12.7 Å². The third-order valence-corrected chi connectivity index (χ3v) is 3.53. The molecule has 4 N–H and O–H groups in total. The quantitative estimate of drug-likeness (QED) is 0.582. The van der Waals surface area contributed by atoms with Crippen molar-refractivity contribution in [3.05, 3.63) is 24.5 Å². The maximum Gasteiger partial charge on any atom is 0.244 e. The fraction of sp³-hybridized carbons (Fsp3) is 0.375. The summed E-state index contributed by atoms with van der Waals surface area (Å²) in [6.45, 7) is 0.911. The summed E-state index contributed by atoms with van der Waals surface area (Å²) in [6.07, 6.45) is 4.01. The fourth-order valence-corrected chi connectivity index (χ4v) is 2.24. The molecule has 98 valence electrons. The normalized spacial score (nSPS) is 11.8. The van der Waals surface area contributed by atoms with E-state index in [0.29, 0.717) is 18.9 Å². The van der Waals surface area contributed by atoms with Crippen molar-refractivity contribution in [2.45, 2.75) is 18.0 Å². The Labute approximate surface area is 103 Å². The van der Waals surface area contributed by atoms with Crippen molar-refractivity contribution in [1.82, 2.24) is 29.7 Å². The molecule has 0 aromatic carbocycles. The predicted molar refractivity (Wildman–Crippen MR) is 61.7 cm³/mol. The Morgan fingerprint density at radius 3 is 3.00 bits per heavy atom. The van der Waals surface area contributed by atoms with Crippen LogP contribution in [0, 0.1) is 0 Å². The molecule has 2 heterocycles. The highest BCUT2D eigenvalue weighted by Gasteiger charge is 2.16. The van der Waals surface area contributed by atoms with Crippen molar-refractivity contribution in [3.63, 3.8) is 0 Å². The van der Waals surface area contributed by atoms with Gasteiger partial charge in [-0.3, -0.25) is 9.78 Å². The summed E-state index contributed by atoms with van der Waals surface area (Å²) in [5.74, 6) is 0.438. The molecule has 0 amide bonds. The Morgan fingerprint density at radius 1 is 1.50 bits per heavy atom. The SMILES string of the molecule is NCCn1cc(S(=O)(=O)NCc2ncn[nH]2)cn1. The summed E-state index contributed by atoms with van der Waals surface area (Å²) < 4.78 is 27.6. The van der Waals surface area contributed by atoms with Crippen LogP contribution in [0.25, 0.3) is 0 Å². The lowest BCUT2D eigenvalue weighted by atomic mass is 10.6. The molecule has 2 aromatic rings. The molecule has 0 atom stereocenters. The van der Waals surface area contributed by atoms with Gasteiger partial charge in [0.05, 0.1) is 19.3 Å². The summed E-state index contributed by atoms with van der Waals surface area (Å²) in [5.41, 5.74) is 5.36. The van der Waals surface area contributed by atoms with E-state index in [9.17, 15) is 8.42 Å². The molecule has 0 fully saturated rings. The van der Waals surface area contributed by atoms with Crippen molar-refractivity contribution >= 4 is 10.0 Å². The zero-order valence-corrected chi connectivity index (χ0v) is 10.3. The van der Waals surface area contributed by atoms with Crippen molar-refractivity contribution in [1.29, 1.82) is 0 Å². The first-order valence-electron chi connectivity index (χ1n) is 5.18. The average Bonchev–Trinajstić information content (AvgIpc) is 2.98. The van der Waals surface area contributed by atoms with E-state index in [2.05, 4.69) is 25.0 Å². The highest BCUT2D eigenvalue weighted by Crippen LogP contribution is 2.07. The van der Waals surface area contributed by atoms with Gasteiger partial charge in [0.2, 0.25) is 10.0 Å². The van der Waals surface area contributed by atoms with Crippen LogP contribution in [-0.2, 0) is 23.1 Å². The number of aromatic amines is 1. The fourth-order valence-electron chi connectivity index (χ4n) is 1.30. The number of rotatable bonds is 6. The number of sulfonamides is 1. The molecular weight excluding hydrogens is 258 g/mol. The molecule has 18 heavy (non-hydrogen) atoms. The van der Waals surface area contributed by atoms with Gasteiger partial charge in [-0.15, -0.1) is 0 Å². The second-order valence-electron chi connectivity index (χ2n) is 3.48. The lowest BCUT2D eigenvalue weighted by Gasteiger charge is -2.01. The van der Waals surface area contributed by atoms with Crippen LogP contribution in [-0.4, -0.2) is 39.9 Å². The average molecular weight is 271 g/mol. The van der Waals surface area contributed by atoms with E-state index in [0.717, 1.165) is 0 Å². The number of nitrogens with one attached hydrogen (secondary N) is 2. The minimum Gasteiger partial charge on any atom is -0.329 e. The van der Waals surface area contributed by atoms with Crippen molar-refractivity contribution in [3.8, 4) is 0 Å². The van der Waals surface area contributed by atoms with Crippen LogP contribution in [0.15, 0.2) is 23.6 Å². The Hall–Kier alpha value is -1.78. The van der Waals surface area contributed by atoms with E-state index >= 15 is 0 Å². The topological polar surface area (TPSA) is 132 Å². The molecule has 0 aliphatic heterocycles. The van der Waals surface area contributed by atoms with Gasteiger partial charge in [0.25, 0.3) is 0 Å². The van der Waals surface area contributed by atoms with E-state index < -0.39 is 10.0 Å². The minimum atomic E-state index is -3.60. The molecule has 2 rings (SSSR count). The molecule has 0 unspecified atom stereocenters. The van der Waals surface area contributed by atoms with E-state index in [4.69, 9.17) is 5.73 Å². The summed E-state index contributed by atoms with van der Waals surface area (Å²) in [7, 11) is -3.60. The van der Waals surface area contributed by atoms with Gasteiger partial charge in [-0.2, -0.15) is 10.2 Å². The largest absolute Gasteiger partial charge is 0.329 e. The number of hydrogen-bond acceptors (Lipinski definition) is 6. The van der Waals surface area contributed by atoms with Gasteiger partial charge in [0.15, 0.2) is 0 Å². The first-order valence-corrected chi connectivity index (χ1v) is 6.66. The maximum absolute atomic E-state index is 11.9. The lowest BCUT2D eigenvalue weighted by molar-refractivity contribution is 0.578. The Morgan fingerprint density at radius 2 is 2.33 bits per heavy atom. The van der Waals surface area contributed by atoms with Crippen LogP contribution < -0.4 is 10.5 Å². The number of aromatic nitrogens is 5. The highest BCUT2D eigenvalue weighted by atomic mass is 32.2. The zero-order valence-electron chi connectivity index (χ0n) is 9.44. The van der Waals surface area contributed by atoms with E-state index in [-0.39, 0.29) is 11.4 Å². The number of H-pyrrole nitrogens is 1. The smallest absolute Gasteiger partial charge is 0.244 e. The van der Waals surface area contributed by atoms with Crippen LogP contribution in [0.4, 0.5) is 0 Å². The number of nitrogens with zero attached hydrogens (tertiary/aromatic N) is 4. The molecule has 0 aliphatic carbocycles. The van der Waals surface area contributed by atoms with Gasteiger partial charge in [-0.05, 0) is 0 Å². The predicted octanol–water partition coefficient (Wildman–Crippen LogP) is -1.56. The van der Waals surface area contributed by atoms with Gasteiger partial charge >= 0.3 is 0 Å². The third-order valence-electron chi connectivity index (χ3n) is 2.17. The first kappa shape index (κ1) is 12.7. The van der Waals surface area contributed by atoms with Gasteiger partial charge in [-0.25, -0.2) is 18.1 Å². The summed E-state index contributed by atoms with van der Waals surface area (Å²) >= 11 is 0. The summed E-state index contributed by atoms with van der Waals surface area (Å²) in [5, 5.41) is 10.1. The van der Waals surface area contributed by atoms with Crippen LogP contribution in [0.2, 0.25) is 0 Å². The van der Waals surface area contributed by atoms with Crippen LogP contribution in [0.3, 0.4) is 0 Å². The van der Waals surface area contributed by atoms with Crippen molar-refractivity contribution in [2.24, 2.45) is 5.73 Å². The minimum absolute atomic E-state index is 0.0460. The van der Waals surface area contributed by atoms with Crippen LogP contribution >= 0.6 is 0 Å². The number of hydrogen-bond donors (Lipinski definition) is 3. The van der Waals surface area contributed by atoms with Gasteiger partial charge < -0.3 is 5.73 Å². The Balaban J connectivity index is 2.05. The van der Waals surface area contributed by atoms with Crippen LogP contribution in [0.5, 0.6) is 0 Å². The van der Waals surface area contributed by atoms with E-state index in [1.165, 1.54) is 23.4 Å². The second-order valence-corrected chi connectivity index (χ2v) is 5.25. The summed E-state index contributed by atoms with van der Waals surface area (Å²) in [6, 6.07) is 0. The second kappa shape index (κ2) is 5.25. The van der Waals surface area contributed by atoms with Gasteiger partial charge in [0.1, 0.15) is 17.0 Å². The molecule has 0 spiro atoms. The molecule has 10 heteroatoms. The Kier molecular flexibility index (Phi) is 3.69. The van der Waals surface area contributed by atoms with Crippen LogP contribution in [0.1, 0.15) is 5.82 Å². The maximum atomic E-state index is 11.9. The van der Waals surface area contributed by atoms with E-state index in [1.54, 1.807) is 0 Å². The molecule has 0 aliphatic rings. The zero-order chi connectivity index (χ0) is 13.0. The monoisotopic (exact) mass is 271 g/mol. The number of nitrogens with two attached hydrogens (primary N) is 1. The van der Waals surface area contributed by atoms with Crippen molar-refractivity contribution < 1.29 is 8.42 Å². The first-order chi connectivity index (χ1) is 8.62.